The van der Waals surface area contributed by atoms with Crippen LogP contribution < -0.4 is 21.9 Å². The van der Waals surface area contributed by atoms with Crippen LogP contribution in [0.5, 0.6) is 0 Å². The van der Waals surface area contributed by atoms with Crippen molar-refractivity contribution in [2.75, 3.05) is 0 Å². The fraction of sp³-hybridized carbons (Fsp3) is 0.560. The number of hydrogen-bond donors (Lipinski definition) is 2. The van der Waals surface area contributed by atoms with Crippen molar-refractivity contribution in [2.24, 2.45) is 0 Å². The van der Waals surface area contributed by atoms with E-state index in [0.717, 1.165) is 30.4 Å². The van der Waals surface area contributed by atoms with Crippen molar-refractivity contribution in [3.8, 4) is 0 Å². The van der Waals surface area contributed by atoms with Crippen LogP contribution in [0.25, 0.3) is 16.7 Å². The topological polar surface area (TPSA) is 120 Å². The van der Waals surface area contributed by atoms with Crippen LogP contribution in [-0.2, 0) is 11.3 Å². The smallest absolute Gasteiger partial charge is 0.350 e. The zero-order valence-electron chi connectivity index (χ0n) is 21.1. The molecule has 0 aliphatic heterocycles. The van der Waals surface area contributed by atoms with Crippen molar-refractivity contribution >= 4 is 28.5 Å². The molecule has 35 heavy (non-hydrogen) atoms. The minimum absolute atomic E-state index is 0.132. The number of nitrogens with zero attached hydrogens (tertiary/aromatic N) is 4. The summed E-state index contributed by atoms with van der Waals surface area (Å²) in [5.41, 5.74) is -0.652. The molecule has 1 saturated carbocycles. The van der Waals surface area contributed by atoms with Crippen LogP contribution in [0.1, 0.15) is 83.1 Å². The lowest BCUT2D eigenvalue weighted by Gasteiger charge is -2.22. The highest BCUT2D eigenvalue weighted by Crippen LogP contribution is 2.20. The quantitative estimate of drug-likeness (QED) is 0.579. The Morgan fingerprint density at radius 3 is 2.43 bits per heavy atom. The summed E-state index contributed by atoms with van der Waals surface area (Å²) in [6, 6.07) is 4.62. The Balaban J connectivity index is 1.83. The van der Waals surface area contributed by atoms with Crippen LogP contribution >= 0.6 is 0 Å². The molecule has 2 amide bonds. The second-order valence-corrected chi connectivity index (χ2v) is 10.7. The Labute approximate surface area is 203 Å². The van der Waals surface area contributed by atoms with Gasteiger partial charge in [0.15, 0.2) is 0 Å². The van der Waals surface area contributed by atoms with Crippen LogP contribution in [0.3, 0.4) is 0 Å². The molecule has 1 fully saturated rings. The van der Waals surface area contributed by atoms with Crippen LogP contribution in [0.4, 0.5) is 0 Å². The fourth-order valence-electron chi connectivity index (χ4n) is 4.70. The maximum atomic E-state index is 13.4. The van der Waals surface area contributed by atoms with Crippen molar-refractivity contribution in [2.45, 2.75) is 90.9 Å². The van der Waals surface area contributed by atoms with E-state index in [0.29, 0.717) is 16.5 Å². The van der Waals surface area contributed by atoms with E-state index < -0.39 is 11.2 Å². The number of amides is 2. The summed E-state index contributed by atoms with van der Waals surface area (Å²) in [5.74, 6) is -0.459. The molecular formula is C25H34N6O4. The number of nitrogens with one attached hydrogen (secondary N) is 2. The molecule has 1 aliphatic rings. The van der Waals surface area contributed by atoms with Gasteiger partial charge in [-0.25, -0.2) is 13.9 Å². The minimum Gasteiger partial charge on any atom is -0.350 e. The van der Waals surface area contributed by atoms with Gasteiger partial charge in [-0.3, -0.25) is 19.0 Å². The highest BCUT2D eigenvalue weighted by Gasteiger charge is 2.23. The van der Waals surface area contributed by atoms with E-state index in [4.69, 9.17) is 0 Å². The first kappa shape index (κ1) is 24.7. The van der Waals surface area contributed by atoms with Crippen LogP contribution in [0.2, 0.25) is 0 Å². The molecule has 0 bridgehead atoms. The highest BCUT2D eigenvalue weighted by molar-refractivity contribution is 5.98. The van der Waals surface area contributed by atoms with Gasteiger partial charge in [0, 0.05) is 23.2 Å². The summed E-state index contributed by atoms with van der Waals surface area (Å²) < 4.78 is 3.81. The Morgan fingerprint density at radius 2 is 1.80 bits per heavy atom. The predicted octanol–water partition coefficient (Wildman–Crippen LogP) is 2.37. The third kappa shape index (κ3) is 5.01. The van der Waals surface area contributed by atoms with E-state index in [1.165, 1.54) is 15.4 Å². The molecule has 0 radical (unpaired) electrons. The van der Waals surface area contributed by atoms with Gasteiger partial charge in [0.25, 0.3) is 11.5 Å². The molecule has 4 rings (SSSR count). The second-order valence-electron chi connectivity index (χ2n) is 10.7. The first-order chi connectivity index (χ1) is 16.5. The summed E-state index contributed by atoms with van der Waals surface area (Å²) >= 11 is 0. The largest absolute Gasteiger partial charge is 0.352 e. The average molecular weight is 483 g/mol. The standard InChI is InChI=1S/C25H34N6O4/c1-15(2)30-22(34)18-12-11-16(21(33)26-17-9-7-6-8-10-17)13-19(18)31-23(30)28-29(24(31)35)14-20(32)27-25(3,4)5/h11-13,15,17H,6-10,14H2,1-5H3,(H,26,33)(H,27,32). The second kappa shape index (κ2) is 9.31. The molecule has 0 unspecified atom stereocenters. The van der Waals surface area contributed by atoms with Gasteiger partial charge in [0.2, 0.25) is 11.7 Å². The minimum atomic E-state index is -0.548. The fourth-order valence-corrected chi connectivity index (χ4v) is 4.70. The van der Waals surface area contributed by atoms with E-state index >= 15 is 0 Å². The summed E-state index contributed by atoms with van der Waals surface area (Å²) in [6.45, 7) is 8.92. The van der Waals surface area contributed by atoms with Gasteiger partial charge in [-0.05, 0) is 65.7 Å². The number of fused-ring (bicyclic) bond motifs is 3. The number of rotatable bonds is 5. The van der Waals surface area contributed by atoms with Crippen molar-refractivity contribution in [1.82, 2.24) is 29.4 Å². The molecule has 2 N–H and O–H groups in total. The van der Waals surface area contributed by atoms with Gasteiger partial charge in [-0.15, -0.1) is 5.10 Å². The lowest BCUT2D eigenvalue weighted by atomic mass is 9.95. The first-order valence-corrected chi connectivity index (χ1v) is 12.3. The molecule has 1 aliphatic carbocycles. The molecule has 0 spiro atoms. The SMILES string of the molecule is CC(C)n1c(=O)c2ccc(C(=O)NC3CCCCC3)cc2n2c(=O)n(CC(=O)NC(C)(C)C)nc12. The summed E-state index contributed by atoms with van der Waals surface area (Å²) in [4.78, 5) is 52.2. The Hall–Kier alpha value is -3.43. The van der Waals surface area contributed by atoms with Crippen LogP contribution in [-0.4, -0.2) is 42.1 Å². The van der Waals surface area contributed by atoms with Gasteiger partial charge in [-0.1, -0.05) is 19.3 Å². The van der Waals surface area contributed by atoms with E-state index in [1.807, 2.05) is 34.6 Å². The Bertz CT molecular complexity index is 1400. The number of benzene rings is 1. The molecule has 0 saturated heterocycles. The molecule has 10 nitrogen and oxygen atoms in total. The summed E-state index contributed by atoms with van der Waals surface area (Å²) in [5, 5.41) is 10.6. The number of carbonyl (C=O) groups is 2. The monoisotopic (exact) mass is 482 g/mol. The first-order valence-electron chi connectivity index (χ1n) is 12.3. The molecule has 2 aromatic heterocycles. The van der Waals surface area contributed by atoms with Crippen LogP contribution in [0.15, 0.2) is 27.8 Å². The molecule has 188 valence electrons. The zero-order valence-corrected chi connectivity index (χ0v) is 21.1. The number of aromatic nitrogens is 4. The lowest BCUT2D eigenvalue weighted by molar-refractivity contribution is -0.123. The Morgan fingerprint density at radius 1 is 1.11 bits per heavy atom. The van der Waals surface area contributed by atoms with Crippen molar-refractivity contribution in [3.63, 3.8) is 0 Å². The molecule has 0 atom stereocenters. The van der Waals surface area contributed by atoms with Gasteiger partial charge in [-0.2, -0.15) is 0 Å². The van der Waals surface area contributed by atoms with E-state index in [2.05, 4.69) is 15.7 Å². The van der Waals surface area contributed by atoms with Crippen molar-refractivity contribution < 1.29 is 9.59 Å². The van der Waals surface area contributed by atoms with Gasteiger partial charge < -0.3 is 10.6 Å². The molecule has 1 aromatic carbocycles. The zero-order chi connectivity index (χ0) is 25.5. The van der Waals surface area contributed by atoms with Crippen molar-refractivity contribution in [3.05, 3.63) is 44.6 Å². The van der Waals surface area contributed by atoms with E-state index in [-0.39, 0.29) is 41.8 Å². The van der Waals surface area contributed by atoms with E-state index in [9.17, 15) is 19.2 Å². The maximum Gasteiger partial charge on any atom is 0.352 e. The average Bonchev–Trinajstić information content (AvgIpc) is 3.08. The normalized spacial score (nSPS) is 15.1. The van der Waals surface area contributed by atoms with Crippen molar-refractivity contribution in [1.29, 1.82) is 0 Å². The third-order valence-electron chi connectivity index (χ3n) is 6.25. The Kier molecular flexibility index (Phi) is 6.57. The predicted molar refractivity (Wildman–Crippen MR) is 134 cm³/mol. The third-order valence-corrected chi connectivity index (χ3v) is 6.25. The molecule has 10 heteroatoms. The van der Waals surface area contributed by atoms with Gasteiger partial charge in [0.1, 0.15) is 6.54 Å². The summed E-state index contributed by atoms with van der Waals surface area (Å²) in [7, 11) is 0. The lowest BCUT2D eigenvalue weighted by Crippen LogP contribution is -2.43. The summed E-state index contributed by atoms with van der Waals surface area (Å²) in [6.07, 6.45) is 5.27. The van der Waals surface area contributed by atoms with Gasteiger partial charge in [0.05, 0.1) is 10.9 Å². The molecule has 2 heterocycles. The number of hydrogen-bond acceptors (Lipinski definition) is 5. The highest BCUT2D eigenvalue weighted by atomic mass is 16.2. The van der Waals surface area contributed by atoms with Gasteiger partial charge >= 0.3 is 5.69 Å². The number of carbonyl (C=O) groups excluding carboxylic acids is 2. The van der Waals surface area contributed by atoms with Crippen LogP contribution in [0, 0.1) is 0 Å². The molecule has 3 aromatic rings. The molecular weight excluding hydrogens is 448 g/mol. The maximum absolute atomic E-state index is 13.4. The van der Waals surface area contributed by atoms with E-state index in [1.54, 1.807) is 18.2 Å².